The summed E-state index contributed by atoms with van der Waals surface area (Å²) in [5, 5.41) is 9.25. The van der Waals surface area contributed by atoms with E-state index in [-0.39, 0.29) is 17.4 Å². The lowest BCUT2D eigenvalue weighted by Crippen LogP contribution is -2.61. The first kappa shape index (κ1) is 17.7. The second-order valence-corrected chi connectivity index (χ2v) is 7.80. The van der Waals surface area contributed by atoms with Gasteiger partial charge in [-0.05, 0) is 58.0 Å². The van der Waals surface area contributed by atoms with Crippen LogP contribution in [0.4, 0.5) is 0 Å². The van der Waals surface area contributed by atoms with Gasteiger partial charge in [-0.15, -0.1) is 0 Å². The maximum absolute atomic E-state index is 13.0. The van der Waals surface area contributed by atoms with Crippen LogP contribution >= 0.6 is 0 Å². The molecule has 2 saturated heterocycles. The molecular weight excluding hydrogens is 308 g/mol. The summed E-state index contributed by atoms with van der Waals surface area (Å²) >= 11 is 0. The normalized spacial score (nSPS) is 26.4. The second-order valence-electron chi connectivity index (χ2n) is 7.80. The molecule has 136 valence electrons. The summed E-state index contributed by atoms with van der Waals surface area (Å²) in [4.78, 5) is 28.6. The van der Waals surface area contributed by atoms with E-state index in [1.54, 1.807) is 7.11 Å². The molecule has 0 bridgehead atoms. The average Bonchev–Trinajstić information content (AvgIpc) is 2.53. The highest BCUT2D eigenvalue weighted by molar-refractivity contribution is 5.83. The highest BCUT2D eigenvalue weighted by atomic mass is 16.5. The molecule has 2 aliphatic heterocycles. The molecule has 1 amide bonds. The van der Waals surface area contributed by atoms with Crippen molar-refractivity contribution in [3.63, 3.8) is 0 Å². The molecule has 3 fully saturated rings. The van der Waals surface area contributed by atoms with Gasteiger partial charge >= 0.3 is 5.97 Å². The SMILES string of the molecule is COCCN1CCCC2(CCN(C3(CC(=O)O)CCC3)CC2)C1=O. The monoisotopic (exact) mass is 338 g/mol. The Hall–Kier alpha value is -1.14. The van der Waals surface area contributed by atoms with Crippen molar-refractivity contribution >= 4 is 11.9 Å². The zero-order valence-electron chi connectivity index (χ0n) is 14.8. The number of piperidine rings is 2. The summed E-state index contributed by atoms with van der Waals surface area (Å²) < 4.78 is 5.13. The van der Waals surface area contributed by atoms with Gasteiger partial charge in [-0.2, -0.15) is 0 Å². The highest BCUT2D eigenvalue weighted by Crippen LogP contribution is 2.47. The van der Waals surface area contributed by atoms with Gasteiger partial charge in [0, 0.05) is 25.7 Å². The van der Waals surface area contributed by atoms with Crippen LogP contribution in [0, 0.1) is 5.41 Å². The van der Waals surface area contributed by atoms with Crippen molar-refractivity contribution in [2.45, 2.75) is 56.9 Å². The minimum atomic E-state index is -0.700. The molecule has 6 heteroatoms. The summed E-state index contributed by atoms with van der Waals surface area (Å²) in [5.74, 6) is -0.402. The van der Waals surface area contributed by atoms with Gasteiger partial charge in [-0.3, -0.25) is 14.5 Å². The number of ether oxygens (including phenoxy) is 1. The summed E-state index contributed by atoms with van der Waals surface area (Å²) in [6, 6.07) is 0. The van der Waals surface area contributed by atoms with Crippen molar-refractivity contribution in [3.05, 3.63) is 0 Å². The quantitative estimate of drug-likeness (QED) is 0.799. The summed E-state index contributed by atoms with van der Waals surface area (Å²) in [6.07, 6.45) is 7.13. The van der Waals surface area contributed by atoms with E-state index in [0.717, 1.165) is 64.6 Å². The third kappa shape index (κ3) is 3.18. The van der Waals surface area contributed by atoms with Crippen LogP contribution in [-0.4, -0.2) is 72.2 Å². The molecule has 1 spiro atoms. The Bertz CT molecular complexity index is 481. The number of carbonyl (C=O) groups excluding carboxylic acids is 1. The molecule has 0 aromatic rings. The van der Waals surface area contributed by atoms with Gasteiger partial charge in [0.2, 0.25) is 5.91 Å². The fraction of sp³-hybridized carbons (Fsp3) is 0.889. The zero-order valence-corrected chi connectivity index (χ0v) is 14.8. The largest absolute Gasteiger partial charge is 0.481 e. The number of carboxylic acids is 1. The minimum Gasteiger partial charge on any atom is -0.481 e. The maximum atomic E-state index is 13.0. The average molecular weight is 338 g/mol. The Morgan fingerprint density at radius 2 is 1.83 bits per heavy atom. The Kier molecular flexibility index (Phi) is 5.16. The molecule has 6 nitrogen and oxygen atoms in total. The van der Waals surface area contributed by atoms with Crippen molar-refractivity contribution in [1.29, 1.82) is 0 Å². The maximum Gasteiger partial charge on any atom is 0.305 e. The molecule has 0 radical (unpaired) electrons. The van der Waals surface area contributed by atoms with E-state index in [9.17, 15) is 14.7 Å². The van der Waals surface area contributed by atoms with Gasteiger partial charge in [0.1, 0.15) is 0 Å². The first-order chi connectivity index (χ1) is 11.5. The molecule has 0 atom stereocenters. The highest BCUT2D eigenvalue weighted by Gasteiger charge is 2.50. The Morgan fingerprint density at radius 3 is 2.38 bits per heavy atom. The number of aliphatic carboxylic acids is 1. The van der Waals surface area contributed by atoms with Crippen LogP contribution < -0.4 is 0 Å². The van der Waals surface area contributed by atoms with Crippen LogP contribution in [0.15, 0.2) is 0 Å². The van der Waals surface area contributed by atoms with E-state index < -0.39 is 5.97 Å². The zero-order chi connectivity index (χ0) is 17.2. The number of nitrogens with zero attached hydrogens (tertiary/aromatic N) is 2. The van der Waals surface area contributed by atoms with E-state index in [4.69, 9.17) is 4.74 Å². The van der Waals surface area contributed by atoms with Gasteiger partial charge in [0.05, 0.1) is 18.4 Å². The van der Waals surface area contributed by atoms with Gasteiger partial charge in [0.15, 0.2) is 0 Å². The van der Waals surface area contributed by atoms with Gasteiger partial charge in [-0.1, -0.05) is 0 Å². The van der Waals surface area contributed by atoms with Crippen molar-refractivity contribution in [3.8, 4) is 0 Å². The molecule has 2 heterocycles. The first-order valence-corrected chi connectivity index (χ1v) is 9.27. The number of rotatable bonds is 6. The topological polar surface area (TPSA) is 70.1 Å². The van der Waals surface area contributed by atoms with E-state index in [1.165, 1.54) is 0 Å². The molecular formula is C18H30N2O4. The lowest BCUT2D eigenvalue weighted by atomic mass is 9.67. The predicted octanol–water partition coefficient (Wildman–Crippen LogP) is 1.73. The standard InChI is InChI=1S/C18H30N2O4/c1-24-13-12-19-9-3-4-17(16(19)23)7-10-20(11-8-17)18(5-2-6-18)14-15(21)22/h2-14H2,1H3,(H,21,22). The van der Waals surface area contributed by atoms with Crippen LogP contribution in [0.25, 0.3) is 0 Å². The number of methoxy groups -OCH3 is 1. The van der Waals surface area contributed by atoms with Crippen LogP contribution in [0.3, 0.4) is 0 Å². The minimum absolute atomic E-state index is 0.138. The van der Waals surface area contributed by atoms with Gasteiger partial charge in [-0.25, -0.2) is 0 Å². The number of carboxylic acid groups (broad SMARTS) is 1. The second kappa shape index (κ2) is 7.00. The van der Waals surface area contributed by atoms with Crippen LogP contribution in [0.2, 0.25) is 0 Å². The molecule has 3 aliphatic rings. The smallest absolute Gasteiger partial charge is 0.305 e. The summed E-state index contributed by atoms with van der Waals surface area (Å²) in [7, 11) is 1.67. The Morgan fingerprint density at radius 1 is 1.12 bits per heavy atom. The fourth-order valence-corrected chi connectivity index (χ4v) is 4.91. The lowest BCUT2D eigenvalue weighted by Gasteiger charge is -2.55. The third-order valence-corrected chi connectivity index (χ3v) is 6.55. The predicted molar refractivity (Wildman–Crippen MR) is 89.8 cm³/mol. The van der Waals surface area contributed by atoms with Crippen LogP contribution in [0.5, 0.6) is 0 Å². The van der Waals surface area contributed by atoms with E-state index in [2.05, 4.69) is 4.90 Å². The van der Waals surface area contributed by atoms with Crippen molar-refractivity contribution in [1.82, 2.24) is 9.80 Å². The van der Waals surface area contributed by atoms with Gasteiger partial charge in [0.25, 0.3) is 0 Å². The summed E-state index contributed by atoms with van der Waals surface area (Å²) in [6.45, 7) is 3.84. The van der Waals surface area contributed by atoms with Gasteiger partial charge < -0.3 is 14.7 Å². The van der Waals surface area contributed by atoms with E-state index in [1.807, 2.05) is 4.90 Å². The number of carbonyl (C=O) groups is 2. The van der Waals surface area contributed by atoms with Crippen molar-refractivity contribution in [2.75, 3.05) is 39.9 Å². The molecule has 1 aliphatic carbocycles. The summed E-state index contributed by atoms with van der Waals surface area (Å²) in [5.41, 5.74) is -0.350. The number of amides is 1. The molecule has 1 N–H and O–H groups in total. The Balaban J connectivity index is 1.63. The lowest BCUT2D eigenvalue weighted by molar-refractivity contribution is -0.155. The number of likely N-dealkylation sites (tertiary alicyclic amines) is 2. The Labute approximate surface area is 144 Å². The van der Waals surface area contributed by atoms with Crippen molar-refractivity contribution < 1.29 is 19.4 Å². The molecule has 0 aromatic carbocycles. The fourth-order valence-electron chi connectivity index (χ4n) is 4.91. The van der Waals surface area contributed by atoms with E-state index >= 15 is 0 Å². The number of hydrogen-bond acceptors (Lipinski definition) is 4. The molecule has 0 unspecified atom stereocenters. The molecule has 24 heavy (non-hydrogen) atoms. The first-order valence-electron chi connectivity index (χ1n) is 9.27. The molecule has 1 saturated carbocycles. The number of hydrogen-bond donors (Lipinski definition) is 1. The van der Waals surface area contributed by atoms with Crippen LogP contribution in [0.1, 0.15) is 51.4 Å². The molecule has 3 rings (SSSR count). The third-order valence-electron chi connectivity index (χ3n) is 6.55. The van der Waals surface area contributed by atoms with Crippen LogP contribution in [-0.2, 0) is 14.3 Å². The van der Waals surface area contributed by atoms with Crippen molar-refractivity contribution in [2.24, 2.45) is 5.41 Å². The van der Waals surface area contributed by atoms with E-state index in [0.29, 0.717) is 19.1 Å². The molecule has 0 aromatic heterocycles.